The third-order valence-corrected chi connectivity index (χ3v) is 0.696. The third kappa shape index (κ3) is 1.93. The number of nitrogens with one attached hydrogen (secondary N) is 1. The highest BCUT2D eigenvalue weighted by Gasteiger charge is 2.22. The summed E-state index contributed by atoms with van der Waals surface area (Å²) in [5.74, 6) is -0.502. The van der Waals surface area contributed by atoms with Gasteiger partial charge < -0.3 is 4.74 Å². The Labute approximate surface area is 48.8 Å². The van der Waals surface area contributed by atoms with Gasteiger partial charge in [-0.05, 0) is 13.8 Å². The van der Waals surface area contributed by atoms with Gasteiger partial charge in [-0.3, -0.25) is 4.79 Å². The van der Waals surface area contributed by atoms with Crippen LogP contribution in [0.25, 0.3) is 0 Å². The molecule has 0 amide bonds. The van der Waals surface area contributed by atoms with Crippen LogP contribution in [0.5, 0.6) is 0 Å². The summed E-state index contributed by atoms with van der Waals surface area (Å²) in [6, 6.07) is 0. The molecule has 0 aromatic carbocycles. The lowest BCUT2D eigenvalue weighted by Gasteiger charge is -2.12. The van der Waals surface area contributed by atoms with E-state index in [9.17, 15) is 4.79 Å². The number of hydrogen-bond acceptors (Lipinski definition) is 2. The molecule has 1 radical (unpaired) electrons. The maximum atomic E-state index is 10.4. The second kappa shape index (κ2) is 2.13. The third-order valence-electron chi connectivity index (χ3n) is 0.696. The Bertz CT molecular complexity index is 93.1. The summed E-state index contributed by atoms with van der Waals surface area (Å²) in [4.78, 5) is 10.4. The number of ether oxygens (including phenoxy) is 1. The lowest BCUT2D eigenvalue weighted by atomic mass is 10.1. The maximum Gasteiger partial charge on any atom is 0.326 e. The summed E-state index contributed by atoms with van der Waals surface area (Å²) in [6.07, 6.45) is 0. The predicted octanol–water partition coefficient (Wildman–Crippen LogP) is 0.221. The molecule has 0 aromatic heterocycles. The number of hydrogen-bond donors (Lipinski definition) is 0. The van der Waals surface area contributed by atoms with Gasteiger partial charge in [0.15, 0.2) is 0 Å². The van der Waals surface area contributed by atoms with Crippen molar-refractivity contribution in [2.75, 3.05) is 7.11 Å². The molecule has 3 heteroatoms. The first kappa shape index (κ1) is 7.43. The van der Waals surface area contributed by atoms with Crippen molar-refractivity contribution in [2.45, 2.75) is 19.4 Å². The fourth-order valence-electron chi connectivity index (χ4n) is 0.255. The second-order valence-electron chi connectivity index (χ2n) is 2.12. The first-order chi connectivity index (χ1) is 3.48. The fraction of sp³-hybridized carbons (Fsp3) is 0.800. The average molecular weight is 116 g/mol. The van der Waals surface area contributed by atoms with Crippen LogP contribution in [0.15, 0.2) is 0 Å². The second-order valence-corrected chi connectivity index (χ2v) is 2.12. The van der Waals surface area contributed by atoms with Gasteiger partial charge in [-0.1, -0.05) is 0 Å². The van der Waals surface area contributed by atoms with Crippen LogP contribution in [-0.4, -0.2) is 18.6 Å². The normalized spacial score (nSPS) is 11.0. The van der Waals surface area contributed by atoms with Crippen molar-refractivity contribution in [3.8, 4) is 0 Å². The number of carbonyl (C=O) groups excluding carboxylic acids is 1. The molecular formula is C5H10NO2. The molecule has 3 nitrogen and oxygen atoms in total. The smallest absolute Gasteiger partial charge is 0.326 e. The summed E-state index contributed by atoms with van der Waals surface area (Å²) in [6.45, 7) is 2.97. The van der Waals surface area contributed by atoms with Crippen LogP contribution in [0.1, 0.15) is 13.8 Å². The quantitative estimate of drug-likeness (QED) is 0.460. The minimum Gasteiger partial charge on any atom is -0.468 e. The van der Waals surface area contributed by atoms with Gasteiger partial charge in [-0.15, -0.1) is 0 Å². The van der Waals surface area contributed by atoms with Crippen LogP contribution in [0.4, 0.5) is 0 Å². The van der Waals surface area contributed by atoms with E-state index in [1.165, 1.54) is 21.0 Å². The van der Waals surface area contributed by atoms with Crippen molar-refractivity contribution in [1.82, 2.24) is 5.73 Å². The molecule has 0 atom stereocenters. The van der Waals surface area contributed by atoms with Crippen LogP contribution in [0, 0.1) is 0 Å². The van der Waals surface area contributed by atoms with Gasteiger partial charge in [-0.2, -0.15) is 0 Å². The van der Waals surface area contributed by atoms with Crippen molar-refractivity contribution in [3.05, 3.63) is 0 Å². The van der Waals surface area contributed by atoms with Crippen LogP contribution >= 0.6 is 0 Å². The van der Waals surface area contributed by atoms with Crippen LogP contribution in [-0.2, 0) is 9.53 Å². The van der Waals surface area contributed by atoms with Gasteiger partial charge in [0, 0.05) is 0 Å². The molecule has 0 spiro atoms. The summed E-state index contributed by atoms with van der Waals surface area (Å²) in [7, 11) is 1.28. The fourth-order valence-corrected chi connectivity index (χ4v) is 0.255. The van der Waals surface area contributed by atoms with Crippen molar-refractivity contribution in [2.24, 2.45) is 0 Å². The minimum atomic E-state index is -1.10. The lowest BCUT2D eigenvalue weighted by molar-refractivity contribution is -0.145. The van der Waals surface area contributed by atoms with Gasteiger partial charge in [-0.25, -0.2) is 5.73 Å². The molecule has 0 fully saturated rings. The van der Waals surface area contributed by atoms with E-state index in [4.69, 9.17) is 5.73 Å². The summed E-state index contributed by atoms with van der Waals surface area (Å²) in [5.41, 5.74) is 5.96. The molecule has 0 bridgehead atoms. The molecule has 8 heavy (non-hydrogen) atoms. The number of methoxy groups -OCH3 is 1. The molecule has 47 valence electrons. The van der Waals surface area contributed by atoms with E-state index < -0.39 is 11.5 Å². The van der Waals surface area contributed by atoms with E-state index in [0.717, 1.165) is 0 Å². The maximum absolute atomic E-state index is 10.4. The van der Waals surface area contributed by atoms with Gasteiger partial charge in [0.1, 0.15) is 5.54 Å². The molecule has 0 saturated heterocycles. The highest BCUT2D eigenvalue weighted by Crippen LogP contribution is 1.99. The zero-order chi connectivity index (χ0) is 6.78. The van der Waals surface area contributed by atoms with Crippen molar-refractivity contribution >= 4 is 5.97 Å². The molecule has 0 unspecified atom stereocenters. The molecule has 1 N–H and O–H groups in total. The molecule has 0 rings (SSSR count). The Morgan fingerprint density at radius 1 is 1.62 bits per heavy atom. The molecule has 0 saturated carbocycles. The topological polar surface area (TPSA) is 50.1 Å². The van der Waals surface area contributed by atoms with E-state index in [1.807, 2.05) is 0 Å². The lowest BCUT2D eigenvalue weighted by Crippen LogP contribution is -2.33. The van der Waals surface area contributed by atoms with Crippen LogP contribution in [0.2, 0.25) is 0 Å². The van der Waals surface area contributed by atoms with Gasteiger partial charge in [0.2, 0.25) is 0 Å². The zero-order valence-corrected chi connectivity index (χ0v) is 5.32. The number of rotatable bonds is 1. The Hall–Kier alpha value is -0.570. The largest absolute Gasteiger partial charge is 0.468 e. The van der Waals surface area contributed by atoms with E-state index in [2.05, 4.69) is 4.74 Å². The monoisotopic (exact) mass is 116 g/mol. The molecule has 0 aromatic rings. The minimum absolute atomic E-state index is 0.502. The SMILES string of the molecule is COC(=O)C(C)(C)[NH]. The summed E-state index contributed by atoms with van der Waals surface area (Å²) < 4.78 is 4.29. The highest BCUT2D eigenvalue weighted by molar-refractivity contribution is 5.78. The van der Waals surface area contributed by atoms with Crippen molar-refractivity contribution in [3.63, 3.8) is 0 Å². The van der Waals surface area contributed by atoms with E-state index in [-0.39, 0.29) is 0 Å². The van der Waals surface area contributed by atoms with Crippen LogP contribution in [0.3, 0.4) is 0 Å². The van der Waals surface area contributed by atoms with Gasteiger partial charge in [0.05, 0.1) is 7.11 Å². The van der Waals surface area contributed by atoms with Crippen molar-refractivity contribution in [1.29, 1.82) is 0 Å². The molecule has 0 aliphatic heterocycles. The summed E-state index contributed by atoms with van der Waals surface area (Å²) in [5, 5.41) is 0. The average Bonchev–Trinajstić information content (AvgIpc) is 1.62. The standard InChI is InChI=1S/C5H10NO2/c1-5(2,6)4(7)8-3/h6H,1-3H3. The van der Waals surface area contributed by atoms with E-state index in [1.54, 1.807) is 0 Å². The van der Waals surface area contributed by atoms with E-state index in [0.29, 0.717) is 0 Å². The Morgan fingerprint density at radius 3 is 2.00 bits per heavy atom. The Balaban J connectivity index is 3.82. The molecule has 0 aliphatic carbocycles. The van der Waals surface area contributed by atoms with Crippen molar-refractivity contribution < 1.29 is 9.53 Å². The van der Waals surface area contributed by atoms with Crippen LogP contribution < -0.4 is 5.73 Å². The first-order valence-corrected chi connectivity index (χ1v) is 2.32. The molecular weight excluding hydrogens is 106 g/mol. The zero-order valence-electron chi connectivity index (χ0n) is 5.32. The van der Waals surface area contributed by atoms with Gasteiger partial charge >= 0.3 is 5.97 Å². The molecule has 0 aliphatic rings. The Kier molecular flexibility index (Phi) is 1.98. The highest BCUT2D eigenvalue weighted by atomic mass is 16.5. The number of carbonyl (C=O) groups is 1. The molecule has 0 heterocycles. The van der Waals surface area contributed by atoms with Gasteiger partial charge in [0.25, 0.3) is 0 Å². The Morgan fingerprint density at radius 2 is 2.00 bits per heavy atom. The summed E-state index contributed by atoms with van der Waals surface area (Å²) >= 11 is 0. The number of esters is 1. The predicted molar refractivity (Wildman–Crippen MR) is 29.2 cm³/mol. The first-order valence-electron chi connectivity index (χ1n) is 2.32. The van der Waals surface area contributed by atoms with E-state index >= 15 is 0 Å².